The van der Waals surface area contributed by atoms with E-state index in [2.05, 4.69) is 77.3 Å². The van der Waals surface area contributed by atoms with Crippen LogP contribution in [0.15, 0.2) is 48.5 Å². The Labute approximate surface area is 142 Å². The lowest BCUT2D eigenvalue weighted by Crippen LogP contribution is -2.30. The van der Waals surface area contributed by atoms with E-state index < -0.39 is 0 Å². The minimum absolute atomic E-state index is 0.0270. The Kier molecular flexibility index (Phi) is 3.27. The maximum atomic E-state index is 4.68. The van der Waals surface area contributed by atoms with Crippen LogP contribution in [-0.4, -0.2) is 15.0 Å². The maximum absolute atomic E-state index is 4.68. The van der Waals surface area contributed by atoms with Gasteiger partial charge in [-0.25, -0.2) is 15.0 Å². The molecule has 1 aromatic heterocycles. The first-order valence-electron chi connectivity index (χ1n) is 8.36. The number of aryl methyl sites for hydroxylation is 2. The fourth-order valence-corrected chi connectivity index (χ4v) is 4.00. The molecule has 1 heterocycles. The monoisotopic (exact) mass is 315 g/mol. The van der Waals surface area contributed by atoms with Crippen LogP contribution in [0, 0.1) is 13.8 Å². The summed E-state index contributed by atoms with van der Waals surface area (Å²) in [5.41, 5.74) is 5.27. The Hall–Kier alpha value is -2.55. The summed E-state index contributed by atoms with van der Waals surface area (Å²) in [6.45, 7) is 8.46. The van der Waals surface area contributed by atoms with E-state index >= 15 is 0 Å². The summed E-state index contributed by atoms with van der Waals surface area (Å²) < 4.78 is 0. The average Bonchev–Trinajstić information content (AvgIpc) is 2.54. The first-order valence-corrected chi connectivity index (χ1v) is 8.36. The molecule has 3 aromatic rings. The Balaban J connectivity index is 2.05. The van der Waals surface area contributed by atoms with Gasteiger partial charge in [0.15, 0.2) is 0 Å². The van der Waals surface area contributed by atoms with Crippen LogP contribution in [-0.2, 0) is 5.41 Å². The van der Waals surface area contributed by atoms with E-state index in [1.165, 1.54) is 22.3 Å². The summed E-state index contributed by atoms with van der Waals surface area (Å²) >= 11 is 0. The van der Waals surface area contributed by atoms with Gasteiger partial charge >= 0.3 is 0 Å². The zero-order chi connectivity index (χ0) is 16.9. The second kappa shape index (κ2) is 5.23. The molecule has 0 radical (unpaired) electrons. The van der Waals surface area contributed by atoms with Crippen molar-refractivity contribution < 1.29 is 0 Å². The zero-order valence-electron chi connectivity index (χ0n) is 14.5. The van der Waals surface area contributed by atoms with Gasteiger partial charge in [0, 0.05) is 5.41 Å². The van der Waals surface area contributed by atoms with Crippen LogP contribution in [0.2, 0.25) is 0 Å². The molecule has 0 amide bonds. The molecule has 0 spiro atoms. The fraction of sp³-hybridized carbons (Fsp3) is 0.286. The summed E-state index contributed by atoms with van der Waals surface area (Å²) in [5.74, 6) is 2.45. The maximum Gasteiger partial charge on any atom is 0.144 e. The summed E-state index contributed by atoms with van der Waals surface area (Å²) in [6, 6.07) is 17.4. The third-order valence-electron chi connectivity index (χ3n) is 5.02. The Morgan fingerprint density at radius 2 is 1.17 bits per heavy atom. The molecular weight excluding hydrogens is 294 g/mol. The van der Waals surface area contributed by atoms with Gasteiger partial charge in [0.2, 0.25) is 0 Å². The molecule has 0 saturated heterocycles. The van der Waals surface area contributed by atoms with Crippen molar-refractivity contribution in [3.8, 4) is 0 Å². The molecule has 1 aliphatic rings. The number of hydrogen-bond donors (Lipinski definition) is 0. The van der Waals surface area contributed by atoms with Gasteiger partial charge in [-0.05, 0) is 36.1 Å². The average molecular weight is 315 g/mol. The molecule has 0 saturated carbocycles. The molecule has 2 aromatic carbocycles. The standard InChI is InChI=1S/C21H21N3/c1-13-22-14(2)24-20(23-13)19-15-9-5-7-11-17(15)21(3,4)18-12-8-6-10-16(18)19/h5-12,19H,1-4H3. The summed E-state index contributed by atoms with van der Waals surface area (Å²) in [6.07, 6.45) is 0. The van der Waals surface area contributed by atoms with Gasteiger partial charge in [-0.1, -0.05) is 62.4 Å². The molecule has 120 valence electrons. The van der Waals surface area contributed by atoms with Crippen LogP contribution in [0.3, 0.4) is 0 Å². The summed E-state index contributed by atoms with van der Waals surface area (Å²) in [4.78, 5) is 13.7. The van der Waals surface area contributed by atoms with Gasteiger partial charge in [0.25, 0.3) is 0 Å². The van der Waals surface area contributed by atoms with E-state index in [0.717, 1.165) is 17.5 Å². The Morgan fingerprint density at radius 3 is 1.67 bits per heavy atom. The van der Waals surface area contributed by atoms with Crippen molar-refractivity contribution in [1.82, 2.24) is 15.0 Å². The number of rotatable bonds is 1. The molecule has 0 fully saturated rings. The van der Waals surface area contributed by atoms with Gasteiger partial charge in [-0.3, -0.25) is 0 Å². The van der Waals surface area contributed by atoms with Gasteiger partial charge < -0.3 is 0 Å². The normalized spacial score (nSPS) is 15.7. The van der Waals surface area contributed by atoms with Crippen molar-refractivity contribution in [2.45, 2.75) is 39.0 Å². The van der Waals surface area contributed by atoms with Crippen molar-refractivity contribution in [3.05, 3.63) is 88.3 Å². The smallest absolute Gasteiger partial charge is 0.144 e. The van der Waals surface area contributed by atoms with Crippen molar-refractivity contribution in [2.75, 3.05) is 0 Å². The lowest BCUT2D eigenvalue weighted by Gasteiger charge is -2.39. The molecular formula is C21H21N3. The van der Waals surface area contributed by atoms with Crippen LogP contribution in [0.25, 0.3) is 0 Å². The fourth-order valence-electron chi connectivity index (χ4n) is 4.00. The zero-order valence-corrected chi connectivity index (χ0v) is 14.5. The van der Waals surface area contributed by atoms with Crippen LogP contribution >= 0.6 is 0 Å². The highest BCUT2D eigenvalue weighted by molar-refractivity contribution is 5.57. The molecule has 0 bridgehead atoms. The molecule has 24 heavy (non-hydrogen) atoms. The molecule has 1 aliphatic carbocycles. The third-order valence-corrected chi connectivity index (χ3v) is 5.02. The summed E-state index contributed by atoms with van der Waals surface area (Å²) in [7, 11) is 0. The van der Waals surface area contributed by atoms with E-state index in [0.29, 0.717) is 0 Å². The predicted octanol–water partition coefficient (Wildman–Crippen LogP) is 4.31. The van der Waals surface area contributed by atoms with Crippen LogP contribution < -0.4 is 0 Å². The van der Waals surface area contributed by atoms with Crippen molar-refractivity contribution >= 4 is 0 Å². The molecule has 0 atom stereocenters. The highest BCUT2D eigenvalue weighted by Gasteiger charge is 2.38. The van der Waals surface area contributed by atoms with Gasteiger partial charge in [-0.15, -0.1) is 0 Å². The lowest BCUT2D eigenvalue weighted by molar-refractivity contribution is 0.589. The Bertz CT molecular complexity index is 858. The third kappa shape index (κ3) is 2.15. The Morgan fingerprint density at radius 1 is 0.708 bits per heavy atom. The minimum atomic E-state index is -0.0270. The molecule has 0 N–H and O–H groups in total. The minimum Gasteiger partial charge on any atom is -0.219 e. The molecule has 4 rings (SSSR count). The second-order valence-electron chi connectivity index (χ2n) is 7.02. The van der Waals surface area contributed by atoms with E-state index in [-0.39, 0.29) is 11.3 Å². The number of aromatic nitrogens is 3. The van der Waals surface area contributed by atoms with E-state index in [4.69, 9.17) is 0 Å². The molecule has 3 nitrogen and oxygen atoms in total. The molecule has 3 heteroatoms. The van der Waals surface area contributed by atoms with Crippen LogP contribution in [0.4, 0.5) is 0 Å². The van der Waals surface area contributed by atoms with E-state index in [1.807, 2.05) is 13.8 Å². The van der Waals surface area contributed by atoms with Crippen LogP contribution in [0.5, 0.6) is 0 Å². The van der Waals surface area contributed by atoms with Crippen molar-refractivity contribution in [2.24, 2.45) is 0 Å². The predicted molar refractivity (Wildman–Crippen MR) is 95.3 cm³/mol. The topological polar surface area (TPSA) is 38.7 Å². The highest BCUT2D eigenvalue weighted by Crippen LogP contribution is 2.48. The lowest BCUT2D eigenvalue weighted by atomic mass is 9.65. The number of fused-ring (bicyclic) bond motifs is 2. The van der Waals surface area contributed by atoms with Gasteiger partial charge in [-0.2, -0.15) is 0 Å². The largest absolute Gasteiger partial charge is 0.219 e. The molecule has 0 unspecified atom stereocenters. The SMILES string of the molecule is Cc1nc(C)nc(C2c3ccccc3C(C)(C)c3ccccc32)n1. The first-order chi connectivity index (χ1) is 11.5. The molecule has 0 aliphatic heterocycles. The number of benzene rings is 2. The quantitative estimate of drug-likeness (QED) is 0.672. The second-order valence-corrected chi connectivity index (χ2v) is 7.02. The van der Waals surface area contributed by atoms with Gasteiger partial charge in [0.05, 0.1) is 5.92 Å². The van der Waals surface area contributed by atoms with E-state index in [1.54, 1.807) is 0 Å². The summed E-state index contributed by atoms with van der Waals surface area (Å²) in [5, 5.41) is 0. The van der Waals surface area contributed by atoms with Crippen molar-refractivity contribution in [3.63, 3.8) is 0 Å². The highest BCUT2D eigenvalue weighted by atomic mass is 15.0. The first kappa shape index (κ1) is 15.0. The number of nitrogens with zero attached hydrogens (tertiary/aromatic N) is 3. The number of hydrogen-bond acceptors (Lipinski definition) is 3. The van der Waals surface area contributed by atoms with E-state index in [9.17, 15) is 0 Å². The van der Waals surface area contributed by atoms with Crippen LogP contribution in [0.1, 0.15) is 59.5 Å². The van der Waals surface area contributed by atoms with Gasteiger partial charge in [0.1, 0.15) is 17.5 Å². The van der Waals surface area contributed by atoms with Crippen molar-refractivity contribution in [1.29, 1.82) is 0 Å².